The number of rotatable bonds is 5. The lowest BCUT2D eigenvalue weighted by Crippen LogP contribution is -2.34. The highest BCUT2D eigenvalue weighted by Crippen LogP contribution is 2.34. The van der Waals surface area contributed by atoms with Crippen LogP contribution in [0.5, 0.6) is 0 Å². The van der Waals surface area contributed by atoms with Crippen LogP contribution in [0.15, 0.2) is 11.4 Å². The number of ether oxygens (including phenoxy) is 1. The summed E-state index contributed by atoms with van der Waals surface area (Å²) >= 11 is 1.50. The molecule has 7 nitrogen and oxygen atoms in total. The van der Waals surface area contributed by atoms with Gasteiger partial charge in [-0.15, -0.1) is 11.3 Å². The van der Waals surface area contributed by atoms with Gasteiger partial charge in [-0.2, -0.15) is 5.10 Å². The van der Waals surface area contributed by atoms with Gasteiger partial charge in [0.2, 0.25) is 0 Å². The standard InChI is InChI=1S/C18H25N5O2S/c1-11-4-14(22(3)21-11)6-23-7-15-13(9-25-17(15)8-23)5-19-18(24)16-10-26-12(2)20-16/h4,10,13,15,17H,5-9H2,1-3H3,(H,19,24)/t13-,15+,17+/m0/s1. The summed E-state index contributed by atoms with van der Waals surface area (Å²) in [4.78, 5) is 18.9. The van der Waals surface area contributed by atoms with Crippen LogP contribution in [0.25, 0.3) is 0 Å². The second kappa shape index (κ2) is 7.09. The number of hydrogen-bond donors (Lipinski definition) is 1. The smallest absolute Gasteiger partial charge is 0.270 e. The average molecular weight is 375 g/mol. The first kappa shape index (κ1) is 17.6. The number of thiazole rings is 1. The molecule has 2 saturated heterocycles. The number of nitrogens with one attached hydrogen (secondary N) is 1. The number of carbonyl (C=O) groups is 1. The molecule has 1 N–H and O–H groups in total. The minimum atomic E-state index is -0.0852. The van der Waals surface area contributed by atoms with Gasteiger partial charge in [-0.3, -0.25) is 14.4 Å². The second-order valence-corrected chi connectivity index (χ2v) is 8.41. The van der Waals surface area contributed by atoms with E-state index in [1.807, 2.05) is 31.0 Å². The van der Waals surface area contributed by atoms with Gasteiger partial charge in [0, 0.05) is 50.4 Å². The largest absolute Gasteiger partial charge is 0.376 e. The van der Waals surface area contributed by atoms with E-state index in [0.29, 0.717) is 24.1 Å². The Balaban J connectivity index is 1.31. The van der Waals surface area contributed by atoms with Crippen molar-refractivity contribution in [2.45, 2.75) is 26.5 Å². The van der Waals surface area contributed by atoms with E-state index in [2.05, 4.69) is 26.4 Å². The molecule has 0 aromatic carbocycles. The summed E-state index contributed by atoms with van der Waals surface area (Å²) in [5.41, 5.74) is 2.80. The van der Waals surface area contributed by atoms with Crippen LogP contribution in [0.4, 0.5) is 0 Å². The highest BCUT2D eigenvalue weighted by molar-refractivity contribution is 7.09. The third-order valence-corrected chi connectivity index (χ3v) is 6.15. The molecular weight excluding hydrogens is 350 g/mol. The van der Waals surface area contributed by atoms with Crippen LogP contribution in [0.2, 0.25) is 0 Å². The van der Waals surface area contributed by atoms with Gasteiger partial charge < -0.3 is 10.1 Å². The SMILES string of the molecule is Cc1cc(CN2C[C@@H]3[C@@H](CNC(=O)c4csc(C)n4)CO[C@@H]3C2)n(C)n1. The molecule has 4 heterocycles. The van der Waals surface area contributed by atoms with Crippen LogP contribution < -0.4 is 5.32 Å². The quantitative estimate of drug-likeness (QED) is 0.855. The van der Waals surface area contributed by atoms with E-state index in [1.54, 1.807) is 0 Å². The Kier molecular flexibility index (Phi) is 4.81. The van der Waals surface area contributed by atoms with Crippen molar-refractivity contribution in [2.75, 3.05) is 26.2 Å². The Morgan fingerprint density at radius 2 is 2.27 bits per heavy atom. The maximum atomic E-state index is 12.2. The first-order chi connectivity index (χ1) is 12.5. The van der Waals surface area contributed by atoms with Crippen LogP contribution in [-0.2, 0) is 18.3 Å². The fraction of sp³-hybridized carbons (Fsp3) is 0.611. The Hall–Kier alpha value is -1.77. The fourth-order valence-corrected chi connectivity index (χ4v) is 4.64. The molecule has 2 aromatic rings. The maximum absolute atomic E-state index is 12.2. The van der Waals surface area contributed by atoms with Gasteiger partial charge >= 0.3 is 0 Å². The molecule has 26 heavy (non-hydrogen) atoms. The Labute approximate surface area is 157 Å². The lowest BCUT2D eigenvalue weighted by atomic mass is 9.93. The molecule has 140 valence electrons. The van der Waals surface area contributed by atoms with E-state index in [4.69, 9.17) is 4.74 Å². The van der Waals surface area contributed by atoms with Crippen molar-refractivity contribution < 1.29 is 9.53 Å². The van der Waals surface area contributed by atoms with E-state index in [0.717, 1.165) is 36.9 Å². The van der Waals surface area contributed by atoms with Crippen molar-refractivity contribution in [1.82, 2.24) is 25.0 Å². The summed E-state index contributed by atoms with van der Waals surface area (Å²) in [6, 6.07) is 2.14. The molecule has 3 atom stereocenters. The summed E-state index contributed by atoms with van der Waals surface area (Å²) in [5.74, 6) is 0.752. The minimum absolute atomic E-state index is 0.0852. The molecule has 2 aliphatic rings. The highest BCUT2D eigenvalue weighted by Gasteiger charge is 2.43. The van der Waals surface area contributed by atoms with E-state index < -0.39 is 0 Å². The number of fused-ring (bicyclic) bond motifs is 1. The average Bonchev–Trinajstić information content (AvgIpc) is 3.32. The zero-order valence-corrected chi connectivity index (χ0v) is 16.3. The van der Waals surface area contributed by atoms with Gasteiger partial charge in [-0.25, -0.2) is 4.98 Å². The van der Waals surface area contributed by atoms with Crippen LogP contribution in [-0.4, -0.2) is 57.9 Å². The minimum Gasteiger partial charge on any atom is -0.376 e. The monoisotopic (exact) mass is 375 g/mol. The molecule has 0 aliphatic carbocycles. The molecule has 0 radical (unpaired) electrons. The Morgan fingerprint density at radius 1 is 1.42 bits per heavy atom. The third-order valence-electron chi connectivity index (χ3n) is 5.38. The zero-order valence-electron chi connectivity index (χ0n) is 15.4. The lowest BCUT2D eigenvalue weighted by Gasteiger charge is -2.19. The van der Waals surface area contributed by atoms with E-state index >= 15 is 0 Å². The Morgan fingerprint density at radius 3 is 2.96 bits per heavy atom. The predicted molar refractivity (Wildman–Crippen MR) is 99.1 cm³/mol. The number of hydrogen-bond acceptors (Lipinski definition) is 6. The number of aromatic nitrogens is 3. The molecular formula is C18H25N5O2S. The van der Waals surface area contributed by atoms with Crippen molar-refractivity contribution in [2.24, 2.45) is 18.9 Å². The summed E-state index contributed by atoms with van der Waals surface area (Å²) in [6.45, 7) is 8.15. The second-order valence-electron chi connectivity index (χ2n) is 7.35. The van der Waals surface area contributed by atoms with Gasteiger partial charge in [0.15, 0.2) is 0 Å². The van der Waals surface area contributed by atoms with E-state index in [-0.39, 0.29) is 12.0 Å². The molecule has 0 bridgehead atoms. The number of nitrogens with zero attached hydrogens (tertiary/aromatic N) is 4. The Bertz CT molecular complexity index is 801. The third kappa shape index (κ3) is 3.54. The zero-order chi connectivity index (χ0) is 18.3. The van der Waals surface area contributed by atoms with Crippen molar-refractivity contribution in [3.05, 3.63) is 33.5 Å². The number of carbonyl (C=O) groups excluding carboxylic acids is 1. The van der Waals surface area contributed by atoms with E-state index in [9.17, 15) is 4.79 Å². The van der Waals surface area contributed by atoms with Crippen molar-refractivity contribution in [3.63, 3.8) is 0 Å². The number of amides is 1. The summed E-state index contributed by atoms with van der Waals surface area (Å²) in [5, 5.41) is 10.2. The predicted octanol–water partition coefficient (Wildman–Crippen LogP) is 1.37. The maximum Gasteiger partial charge on any atom is 0.270 e. The molecule has 0 saturated carbocycles. The molecule has 1 amide bonds. The molecule has 8 heteroatoms. The van der Waals surface area contributed by atoms with Crippen LogP contribution in [0, 0.1) is 25.7 Å². The molecule has 4 rings (SSSR count). The molecule has 2 fully saturated rings. The van der Waals surface area contributed by atoms with Crippen LogP contribution in [0.3, 0.4) is 0 Å². The number of likely N-dealkylation sites (tertiary alicyclic amines) is 1. The van der Waals surface area contributed by atoms with E-state index in [1.165, 1.54) is 17.0 Å². The number of aryl methyl sites for hydroxylation is 3. The molecule has 0 unspecified atom stereocenters. The van der Waals surface area contributed by atoms with Gasteiger partial charge in [0.1, 0.15) is 5.69 Å². The van der Waals surface area contributed by atoms with Gasteiger partial charge in [-0.1, -0.05) is 0 Å². The molecule has 0 spiro atoms. The summed E-state index contributed by atoms with van der Waals surface area (Å²) in [7, 11) is 1.99. The van der Waals surface area contributed by atoms with Gasteiger partial charge in [-0.05, 0) is 19.9 Å². The van der Waals surface area contributed by atoms with Crippen molar-refractivity contribution in [1.29, 1.82) is 0 Å². The highest BCUT2D eigenvalue weighted by atomic mass is 32.1. The first-order valence-corrected chi connectivity index (χ1v) is 9.91. The van der Waals surface area contributed by atoms with Crippen LogP contribution in [0.1, 0.15) is 26.9 Å². The van der Waals surface area contributed by atoms with Gasteiger partial charge in [0.05, 0.1) is 29.1 Å². The summed E-state index contributed by atoms with van der Waals surface area (Å²) in [6.07, 6.45) is 0.271. The van der Waals surface area contributed by atoms with Crippen molar-refractivity contribution >= 4 is 17.2 Å². The molecule has 2 aromatic heterocycles. The topological polar surface area (TPSA) is 72.3 Å². The molecule has 2 aliphatic heterocycles. The first-order valence-electron chi connectivity index (χ1n) is 9.03. The summed E-state index contributed by atoms with van der Waals surface area (Å²) < 4.78 is 7.96. The van der Waals surface area contributed by atoms with Crippen LogP contribution >= 0.6 is 11.3 Å². The van der Waals surface area contributed by atoms with Crippen molar-refractivity contribution in [3.8, 4) is 0 Å². The van der Waals surface area contributed by atoms with Gasteiger partial charge in [0.25, 0.3) is 5.91 Å². The lowest BCUT2D eigenvalue weighted by molar-refractivity contribution is 0.0899. The normalized spacial score (nSPS) is 25.6. The fourth-order valence-electron chi connectivity index (χ4n) is 4.04.